The first kappa shape index (κ1) is 32.6. The van der Waals surface area contributed by atoms with Crippen LogP contribution in [-0.4, -0.2) is 52.5 Å². The van der Waals surface area contributed by atoms with Crippen molar-refractivity contribution in [2.75, 3.05) is 5.33 Å². The lowest BCUT2D eigenvalue weighted by molar-refractivity contribution is -0.137. The van der Waals surface area contributed by atoms with E-state index in [1.165, 1.54) is 0 Å². The Bertz CT molecular complexity index is 1980. The number of aliphatic hydroxyl groups is 1. The van der Waals surface area contributed by atoms with Gasteiger partial charge in [-0.2, -0.15) is 0 Å². The minimum absolute atomic E-state index is 0.0553. The largest absolute Gasteiger partial charge is 0.481 e. The molecule has 0 amide bonds. The third-order valence-electron chi connectivity index (χ3n) is 8.52. The van der Waals surface area contributed by atoms with Gasteiger partial charge in [-0.3, -0.25) is 9.59 Å². The zero-order chi connectivity index (χ0) is 32.6. The number of nitrogens with zero attached hydrogens (tertiary/aromatic N) is 2. The zero-order valence-corrected chi connectivity index (χ0v) is 28.6. The lowest BCUT2D eigenvalue weighted by Crippen LogP contribution is -1.98. The van der Waals surface area contributed by atoms with Gasteiger partial charge in [-0.1, -0.05) is 31.9 Å². The number of carbonyl (C=O) groups is 2. The highest BCUT2D eigenvalue weighted by atomic mass is 79.9. The lowest BCUT2D eigenvalue weighted by Gasteiger charge is -2.06. The summed E-state index contributed by atoms with van der Waals surface area (Å²) < 4.78 is 0. The van der Waals surface area contributed by atoms with E-state index < -0.39 is 18.0 Å². The van der Waals surface area contributed by atoms with E-state index >= 15 is 0 Å². The molecule has 234 valence electrons. The van der Waals surface area contributed by atoms with Crippen molar-refractivity contribution in [1.29, 1.82) is 0 Å². The molecule has 11 heteroatoms. The minimum atomic E-state index is -0.908. The van der Waals surface area contributed by atoms with E-state index in [1.807, 2.05) is 58.0 Å². The number of nitrogens with one attached hydrogen (secondary N) is 2. The topological polar surface area (TPSA) is 152 Å². The van der Waals surface area contributed by atoms with Crippen molar-refractivity contribution in [2.45, 2.75) is 59.5 Å². The number of carboxylic acid groups (broad SMARTS) is 2. The molecule has 5 heterocycles. The van der Waals surface area contributed by atoms with Crippen molar-refractivity contribution in [3.05, 3.63) is 74.3 Å². The summed E-state index contributed by atoms with van der Waals surface area (Å²) in [5.74, 6) is -1.81. The Kier molecular flexibility index (Phi) is 9.62. The molecule has 0 saturated carbocycles. The molecule has 0 aromatic carbocycles. The number of aromatic nitrogens is 4. The Balaban J connectivity index is 1.95. The summed E-state index contributed by atoms with van der Waals surface area (Å²) in [5, 5.41) is 30.4. The standard InChI is InChI=1S/C34H34Br2N4O5/c1-16-20(5-7-32(42)43)28-14-29-21(6-8-33(44)45)17(2)24(38-29)12-27-22(9-10-35)18(3)25(39-27)13-30-34(31(41)15-36)19(4)26(40-30)11-23(16)37-28/h9-14,31,39-41H,5-8,15H2,1-4H3,(H,42,43)(H,44,45)/b10-9+,23-11?,24-12?,25-13?,26-11?,27-12?,28-14?,29-14?,30-13?. The van der Waals surface area contributed by atoms with Crippen LogP contribution in [0.1, 0.15) is 90.7 Å². The second-order valence-electron chi connectivity index (χ2n) is 11.3. The highest BCUT2D eigenvalue weighted by Crippen LogP contribution is 2.38. The van der Waals surface area contributed by atoms with Gasteiger partial charge in [-0.25, -0.2) is 9.97 Å². The smallest absolute Gasteiger partial charge is 0.303 e. The summed E-state index contributed by atoms with van der Waals surface area (Å²) >= 11 is 6.86. The number of hydrogen-bond donors (Lipinski definition) is 5. The Labute approximate surface area is 277 Å². The van der Waals surface area contributed by atoms with Crippen LogP contribution in [0, 0.1) is 13.8 Å². The quantitative estimate of drug-likeness (QED) is 0.139. The summed E-state index contributed by atoms with van der Waals surface area (Å²) in [4.78, 5) is 41.9. The summed E-state index contributed by atoms with van der Waals surface area (Å²) in [6, 6.07) is 7.73. The number of aromatic amines is 2. The molecule has 5 N–H and O–H groups in total. The Morgan fingerprint density at radius 1 is 0.778 bits per heavy atom. The van der Waals surface area contributed by atoms with Crippen molar-refractivity contribution in [1.82, 2.24) is 19.9 Å². The van der Waals surface area contributed by atoms with Crippen LogP contribution >= 0.6 is 31.9 Å². The maximum absolute atomic E-state index is 11.6. The van der Waals surface area contributed by atoms with Gasteiger partial charge in [0.1, 0.15) is 0 Å². The van der Waals surface area contributed by atoms with E-state index in [0.29, 0.717) is 28.1 Å². The van der Waals surface area contributed by atoms with Crippen LogP contribution < -0.4 is 0 Å². The Morgan fingerprint density at radius 2 is 1.29 bits per heavy atom. The number of aryl methyl sites for hydroxylation is 2. The summed E-state index contributed by atoms with van der Waals surface area (Å²) in [6.45, 7) is 7.85. The molecule has 1 atom stereocenters. The van der Waals surface area contributed by atoms with Gasteiger partial charge in [0.25, 0.3) is 0 Å². The number of aliphatic hydroxyl groups excluding tert-OH is 1. The van der Waals surface area contributed by atoms with Gasteiger partial charge < -0.3 is 25.3 Å². The van der Waals surface area contributed by atoms with Gasteiger partial charge in [-0.15, -0.1) is 0 Å². The number of rotatable bonds is 9. The number of hydrogen-bond acceptors (Lipinski definition) is 5. The number of H-pyrrole nitrogens is 2. The van der Waals surface area contributed by atoms with Crippen molar-refractivity contribution >= 4 is 94.2 Å². The third-order valence-corrected chi connectivity index (χ3v) is 9.40. The fourth-order valence-electron chi connectivity index (χ4n) is 6.02. The van der Waals surface area contributed by atoms with Crippen molar-refractivity contribution in [2.24, 2.45) is 0 Å². The second-order valence-corrected chi connectivity index (χ2v) is 12.5. The summed E-state index contributed by atoms with van der Waals surface area (Å²) in [5.41, 5.74) is 12.7. The molecule has 0 radical (unpaired) electrons. The average Bonchev–Trinajstić information content (AvgIpc) is 3.65. The first-order valence-corrected chi connectivity index (χ1v) is 16.6. The molecule has 1 unspecified atom stereocenters. The molecule has 0 fully saturated rings. The van der Waals surface area contributed by atoms with Gasteiger partial charge in [0.05, 0.1) is 28.9 Å². The summed E-state index contributed by atoms with van der Waals surface area (Å²) in [7, 11) is 0. The molecule has 3 aromatic heterocycles. The fourth-order valence-corrected chi connectivity index (χ4v) is 6.61. The molecule has 2 aliphatic heterocycles. The van der Waals surface area contributed by atoms with E-state index in [9.17, 15) is 24.9 Å². The number of alkyl halides is 1. The number of carboxylic acids is 2. The molecular weight excluding hydrogens is 704 g/mol. The maximum atomic E-state index is 11.6. The van der Waals surface area contributed by atoms with Crippen LogP contribution in [0.15, 0.2) is 29.3 Å². The van der Waals surface area contributed by atoms with Crippen LogP contribution in [-0.2, 0) is 9.59 Å². The van der Waals surface area contributed by atoms with Gasteiger partial charge in [-0.05, 0) is 109 Å². The van der Waals surface area contributed by atoms with E-state index in [4.69, 9.17) is 9.97 Å². The first-order chi connectivity index (χ1) is 21.4. The molecule has 9 nitrogen and oxygen atoms in total. The van der Waals surface area contributed by atoms with Gasteiger partial charge in [0, 0.05) is 51.4 Å². The normalized spacial score (nSPS) is 14.1. The SMILES string of the molecule is CC1=C(CCC(=O)O)c2cc3nc(cc4[nH]c(cc5[nH]c(cc1n2)c(C)c5C(O)CBr)c(C)c4/C=C/Br)C(C)=C3CCC(=O)O. The van der Waals surface area contributed by atoms with Gasteiger partial charge in [0.15, 0.2) is 0 Å². The molecule has 3 aromatic rings. The van der Waals surface area contributed by atoms with Gasteiger partial charge >= 0.3 is 11.9 Å². The van der Waals surface area contributed by atoms with Crippen molar-refractivity contribution < 1.29 is 24.9 Å². The van der Waals surface area contributed by atoms with E-state index in [2.05, 4.69) is 41.8 Å². The number of fused-ring (bicyclic) bond motifs is 8. The second kappa shape index (κ2) is 13.3. The molecule has 5 rings (SSSR count). The van der Waals surface area contributed by atoms with Crippen LogP contribution in [0.3, 0.4) is 0 Å². The predicted molar refractivity (Wildman–Crippen MR) is 186 cm³/mol. The predicted octanol–water partition coefficient (Wildman–Crippen LogP) is 8.32. The van der Waals surface area contributed by atoms with E-state index in [-0.39, 0.29) is 25.7 Å². The van der Waals surface area contributed by atoms with Crippen LogP contribution in [0.2, 0.25) is 0 Å². The average molecular weight is 738 g/mol. The molecule has 45 heavy (non-hydrogen) atoms. The van der Waals surface area contributed by atoms with E-state index in [0.717, 1.165) is 66.6 Å². The Morgan fingerprint density at radius 3 is 1.80 bits per heavy atom. The third kappa shape index (κ3) is 6.47. The molecule has 0 spiro atoms. The fraction of sp³-hybridized carbons (Fsp3) is 0.294. The number of halogens is 2. The van der Waals surface area contributed by atoms with Crippen LogP contribution in [0.5, 0.6) is 0 Å². The first-order valence-electron chi connectivity index (χ1n) is 14.5. The van der Waals surface area contributed by atoms with Crippen molar-refractivity contribution in [3.63, 3.8) is 0 Å². The number of allylic oxidation sites excluding steroid dienone is 4. The highest BCUT2D eigenvalue weighted by molar-refractivity contribution is 9.11. The van der Waals surface area contributed by atoms with E-state index in [1.54, 1.807) is 4.99 Å². The summed E-state index contributed by atoms with van der Waals surface area (Å²) in [6.07, 6.45) is 1.64. The monoisotopic (exact) mass is 736 g/mol. The molecule has 2 aliphatic rings. The molecule has 0 aliphatic carbocycles. The number of aliphatic carboxylic acids is 2. The lowest BCUT2D eigenvalue weighted by atomic mass is 9.98. The highest BCUT2D eigenvalue weighted by Gasteiger charge is 2.23. The van der Waals surface area contributed by atoms with Gasteiger partial charge in [0.2, 0.25) is 0 Å². The molecule has 0 saturated heterocycles. The van der Waals surface area contributed by atoms with Crippen LogP contribution in [0.25, 0.3) is 50.4 Å². The molecular formula is C34H34Br2N4O5. The zero-order valence-electron chi connectivity index (χ0n) is 25.4. The molecule has 8 bridgehead atoms. The van der Waals surface area contributed by atoms with Crippen LogP contribution in [0.4, 0.5) is 0 Å². The van der Waals surface area contributed by atoms with Crippen molar-refractivity contribution in [3.8, 4) is 0 Å². The minimum Gasteiger partial charge on any atom is -0.481 e. The Hall–Kier alpha value is -3.80. The maximum Gasteiger partial charge on any atom is 0.303 e.